The van der Waals surface area contributed by atoms with Gasteiger partial charge in [0.15, 0.2) is 0 Å². The summed E-state index contributed by atoms with van der Waals surface area (Å²) in [5, 5.41) is 5.08. The zero-order chi connectivity index (χ0) is 16.3. The van der Waals surface area contributed by atoms with Crippen LogP contribution in [0.3, 0.4) is 0 Å². The lowest BCUT2D eigenvalue weighted by Gasteiger charge is -2.00. The van der Waals surface area contributed by atoms with E-state index < -0.39 is 0 Å². The van der Waals surface area contributed by atoms with E-state index in [1.54, 1.807) is 0 Å². The van der Waals surface area contributed by atoms with E-state index in [9.17, 15) is 0 Å². The van der Waals surface area contributed by atoms with Crippen LogP contribution < -0.4 is 0 Å². The van der Waals surface area contributed by atoms with E-state index in [-0.39, 0.29) is 0 Å². The number of hydrogen-bond acceptors (Lipinski definition) is 1. The van der Waals surface area contributed by atoms with Gasteiger partial charge in [-0.05, 0) is 42.3 Å². The largest absolute Gasteiger partial charge is 0.456 e. The Morgan fingerprint density at radius 3 is 2.54 bits per heavy atom. The molecule has 0 aliphatic heterocycles. The number of nitrogens with zero attached hydrogens (tertiary/aromatic N) is 1. The highest BCUT2D eigenvalue weighted by Gasteiger charge is 2.16. The number of aromatic nitrogens is 1. The molecule has 0 amide bonds. The minimum absolute atomic E-state index is 0.960. The van der Waals surface area contributed by atoms with Crippen molar-refractivity contribution in [2.75, 3.05) is 0 Å². The molecule has 0 aliphatic carbocycles. The topological polar surface area (TPSA) is 18.1 Å². The fourth-order valence-electron chi connectivity index (χ4n) is 4.01. The first kappa shape index (κ1) is 13.7. The Labute approximate surface area is 140 Å². The molecule has 2 heterocycles. The van der Waals surface area contributed by atoms with Crippen LogP contribution >= 0.6 is 0 Å². The van der Waals surface area contributed by atoms with Crippen LogP contribution in [0.25, 0.3) is 43.7 Å². The molecule has 24 heavy (non-hydrogen) atoms. The molecule has 2 nitrogen and oxygen atoms in total. The van der Waals surface area contributed by atoms with E-state index in [0.29, 0.717) is 0 Å². The fraction of sp³-hybridized carbons (Fsp3) is 0.182. The van der Waals surface area contributed by atoms with Gasteiger partial charge in [0.05, 0.1) is 0 Å². The summed E-state index contributed by atoms with van der Waals surface area (Å²) in [6.07, 6.45) is 2.29. The number of rotatable bonds is 2. The van der Waals surface area contributed by atoms with E-state index in [2.05, 4.69) is 67.1 Å². The van der Waals surface area contributed by atoms with Gasteiger partial charge in [-0.15, -0.1) is 0 Å². The Balaban J connectivity index is 2.04. The van der Waals surface area contributed by atoms with Gasteiger partial charge >= 0.3 is 0 Å². The van der Waals surface area contributed by atoms with Crippen molar-refractivity contribution < 1.29 is 4.42 Å². The molecule has 2 heteroatoms. The van der Waals surface area contributed by atoms with Crippen LogP contribution in [-0.2, 0) is 13.5 Å². The van der Waals surface area contributed by atoms with Gasteiger partial charge in [0.25, 0.3) is 0 Å². The van der Waals surface area contributed by atoms with Crippen molar-refractivity contribution in [1.82, 2.24) is 4.57 Å². The van der Waals surface area contributed by atoms with Crippen LogP contribution in [0, 0.1) is 0 Å². The SMILES string of the molecule is CCCc1ccc2c(c1)c1c3c(ccc1n2C)oc1ccccc13. The van der Waals surface area contributed by atoms with E-state index >= 15 is 0 Å². The number of hydrogen-bond donors (Lipinski definition) is 0. The summed E-state index contributed by atoms with van der Waals surface area (Å²) in [6, 6.07) is 19.5. The first-order valence-corrected chi connectivity index (χ1v) is 8.59. The molecule has 3 aromatic carbocycles. The molecule has 2 aromatic heterocycles. The summed E-state index contributed by atoms with van der Waals surface area (Å²) in [7, 11) is 2.15. The lowest BCUT2D eigenvalue weighted by Crippen LogP contribution is -1.87. The van der Waals surface area contributed by atoms with Gasteiger partial charge in [-0.1, -0.05) is 37.6 Å². The van der Waals surface area contributed by atoms with Gasteiger partial charge in [-0.2, -0.15) is 0 Å². The molecule has 0 saturated carbocycles. The molecular weight excluding hydrogens is 294 g/mol. The summed E-state index contributed by atoms with van der Waals surface area (Å²) in [5.74, 6) is 0. The summed E-state index contributed by atoms with van der Waals surface area (Å²) in [6.45, 7) is 2.23. The van der Waals surface area contributed by atoms with Crippen LogP contribution in [0.5, 0.6) is 0 Å². The van der Waals surface area contributed by atoms with Gasteiger partial charge in [-0.25, -0.2) is 0 Å². The van der Waals surface area contributed by atoms with Crippen LogP contribution in [0.2, 0.25) is 0 Å². The molecule has 0 spiro atoms. The molecule has 5 rings (SSSR count). The molecule has 0 saturated heterocycles. The molecule has 0 atom stereocenters. The van der Waals surface area contributed by atoms with Crippen LogP contribution in [0.1, 0.15) is 18.9 Å². The number of benzene rings is 3. The van der Waals surface area contributed by atoms with Gasteiger partial charge < -0.3 is 8.98 Å². The number of furan rings is 1. The second-order valence-corrected chi connectivity index (χ2v) is 6.59. The van der Waals surface area contributed by atoms with E-state index in [4.69, 9.17) is 4.42 Å². The summed E-state index contributed by atoms with van der Waals surface area (Å²) >= 11 is 0. The van der Waals surface area contributed by atoms with E-state index in [0.717, 1.165) is 17.6 Å². The number of fused-ring (bicyclic) bond motifs is 7. The first-order valence-electron chi connectivity index (χ1n) is 8.59. The van der Waals surface area contributed by atoms with Crippen molar-refractivity contribution in [3.8, 4) is 0 Å². The lowest BCUT2D eigenvalue weighted by atomic mass is 10.0. The normalized spacial score (nSPS) is 12.1. The Hall–Kier alpha value is -2.74. The highest BCUT2D eigenvalue weighted by Crippen LogP contribution is 2.39. The van der Waals surface area contributed by atoms with E-state index in [1.807, 2.05) is 6.07 Å². The lowest BCUT2D eigenvalue weighted by molar-refractivity contribution is 0.669. The zero-order valence-corrected chi connectivity index (χ0v) is 14.0. The van der Waals surface area contributed by atoms with Crippen molar-refractivity contribution in [2.45, 2.75) is 19.8 Å². The number of aryl methyl sites for hydroxylation is 2. The maximum Gasteiger partial charge on any atom is 0.136 e. The van der Waals surface area contributed by atoms with Crippen molar-refractivity contribution in [3.05, 3.63) is 60.2 Å². The van der Waals surface area contributed by atoms with Crippen LogP contribution in [0.4, 0.5) is 0 Å². The highest BCUT2D eigenvalue weighted by atomic mass is 16.3. The first-order chi connectivity index (χ1) is 11.8. The van der Waals surface area contributed by atoms with Crippen molar-refractivity contribution in [1.29, 1.82) is 0 Å². The fourth-order valence-corrected chi connectivity index (χ4v) is 4.01. The second-order valence-electron chi connectivity index (χ2n) is 6.59. The van der Waals surface area contributed by atoms with Gasteiger partial charge in [-0.3, -0.25) is 0 Å². The summed E-state index contributed by atoms with van der Waals surface area (Å²) in [4.78, 5) is 0. The Bertz CT molecular complexity index is 1220. The summed E-state index contributed by atoms with van der Waals surface area (Å²) in [5.41, 5.74) is 5.88. The van der Waals surface area contributed by atoms with Gasteiger partial charge in [0.1, 0.15) is 11.2 Å². The third-order valence-electron chi connectivity index (χ3n) is 5.11. The molecule has 0 bridgehead atoms. The van der Waals surface area contributed by atoms with Crippen molar-refractivity contribution >= 4 is 43.7 Å². The molecule has 0 unspecified atom stereocenters. The third kappa shape index (κ3) is 1.71. The van der Waals surface area contributed by atoms with Crippen molar-refractivity contribution in [2.24, 2.45) is 7.05 Å². The van der Waals surface area contributed by atoms with Crippen LogP contribution in [-0.4, -0.2) is 4.57 Å². The minimum Gasteiger partial charge on any atom is -0.456 e. The average Bonchev–Trinajstić information content (AvgIpc) is 3.11. The molecular formula is C22H19NO. The molecule has 0 aliphatic rings. The minimum atomic E-state index is 0.960. The average molecular weight is 313 g/mol. The maximum absolute atomic E-state index is 6.09. The molecule has 118 valence electrons. The quantitative estimate of drug-likeness (QED) is 0.380. The highest BCUT2D eigenvalue weighted by molar-refractivity contribution is 6.26. The molecule has 5 aromatic rings. The van der Waals surface area contributed by atoms with Crippen molar-refractivity contribution in [3.63, 3.8) is 0 Å². The van der Waals surface area contributed by atoms with Crippen LogP contribution in [0.15, 0.2) is 59.0 Å². The van der Waals surface area contributed by atoms with E-state index in [1.165, 1.54) is 44.6 Å². The maximum atomic E-state index is 6.09. The third-order valence-corrected chi connectivity index (χ3v) is 5.11. The Morgan fingerprint density at radius 1 is 0.833 bits per heavy atom. The smallest absolute Gasteiger partial charge is 0.136 e. The second kappa shape index (κ2) is 4.88. The zero-order valence-electron chi connectivity index (χ0n) is 14.0. The Morgan fingerprint density at radius 2 is 1.67 bits per heavy atom. The predicted octanol–water partition coefficient (Wildman–Crippen LogP) is 6.18. The monoisotopic (exact) mass is 313 g/mol. The standard InChI is InChI=1S/C22H19NO/c1-3-6-14-9-10-17-16(13-14)21-18(23(17)2)11-12-20-22(21)15-7-4-5-8-19(15)24-20/h4-5,7-13H,3,6H2,1-2H3. The van der Waals surface area contributed by atoms with Gasteiger partial charge in [0, 0.05) is 39.6 Å². The summed E-state index contributed by atoms with van der Waals surface area (Å²) < 4.78 is 8.38. The molecule has 0 fully saturated rings. The number of para-hydroxylation sites is 1. The Kier molecular flexibility index (Phi) is 2.78. The molecule has 0 N–H and O–H groups in total. The van der Waals surface area contributed by atoms with Gasteiger partial charge in [0.2, 0.25) is 0 Å². The predicted molar refractivity (Wildman–Crippen MR) is 102 cm³/mol. The molecule has 0 radical (unpaired) electrons.